The fourth-order valence-corrected chi connectivity index (χ4v) is 3.51. The Hall–Kier alpha value is -1.30. The van der Waals surface area contributed by atoms with Gasteiger partial charge < -0.3 is 15.5 Å². The first-order valence-electron chi connectivity index (χ1n) is 8.74. The smallest absolute Gasteiger partial charge is 0.228 e. The molecule has 0 saturated carbocycles. The molecule has 1 heterocycles. The Kier molecular flexibility index (Phi) is 8.38. The van der Waals surface area contributed by atoms with Gasteiger partial charge in [-0.15, -0.1) is 12.4 Å². The number of carbonyl (C=O) groups is 2. The molecule has 0 spiro atoms. The Balaban J connectivity index is 0.00000338. The van der Waals surface area contributed by atoms with Crippen molar-refractivity contribution >= 4 is 35.8 Å². The molecule has 0 bridgehead atoms. The molecule has 2 rings (SSSR count). The first-order chi connectivity index (χ1) is 11.7. The van der Waals surface area contributed by atoms with Gasteiger partial charge in [-0.05, 0) is 30.0 Å². The highest BCUT2D eigenvalue weighted by molar-refractivity contribution is 6.30. The number of halogens is 2. The highest BCUT2D eigenvalue weighted by Crippen LogP contribution is 2.38. The van der Waals surface area contributed by atoms with Crippen molar-refractivity contribution in [3.63, 3.8) is 0 Å². The maximum atomic E-state index is 13.0. The van der Waals surface area contributed by atoms with Crippen molar-refractivity contribution in [2.45, 2.75) is 38.8 Å². The quantitative estimate of drug-likeness (QED) is 0.795. The van der Waals surface area contributed by atoms with Crippen LogP contribution >= 0.6 is 24.0 Å². The van der Waals surface area contributed by atoms with Gasteiger partial charge in [0.05, 0.1) is 12.0 Å². The summed E-state index contributed by atoms with van der Waals surface area (Å²) in [4.78, 5) is 28.6. The second-order valence-corrected chi connectivity index (χ2v) is 7.71. The second-order valence-electron chi connectivity index (χ2n) is 7.27. The molecule has 1 aliphatic rings. The monoisotopic (exact) mass is 401 g/mol. The van der Waals surface area contributed by atoms with Crippen LogP contribution in [0.1, 0.15) is 38.3 Å². The van der Waals surface area contributed by atoms with E-state index >= 15 is 0 Å². The molecule has 0 aromatic heterocycles. The summed E-state index contributed by atoms with van der Waals surface area (Å²) in [6.07, 6.45) is 0.978. The number of likely N-dealkylation sites (tertiary alicyclic amines) is 1. The molecule has 7 heteroatoms. The van der Waals surface area contributed by atoms with E-state index in [1.807, 2.05) is 18.2 Å². The molecule has 3 atom stereocenters. The molecule has 1 aromatic rings. The van der Waals surface area contributed by atoms with Crippen molar-refractivity contribution < 1.29 is 9.59 Å². The Bertz CT molecular complexity index is 639. The minimum absolute atomic E-state index is 0. The van der Waals surface area contributed by atoms with E-state index in [-0.39, 0.29) is 42.7 Å². The summed E-state index contributed by atoms with van der Waals surface area (Å²) < 4.78 is 0. The van der Waals surface area contributed by atoms with E-state index in [0.29, 0.717) is 17.5 Å². The van der Waals surface area contributed by atoms with Crippen LogP contribution in [0.25, 0.3) is 0 Å². The highest BCUT2D eigenvalue weighted by Gasteiger charge is 2.43. The standard InChI is InChI=1S/C19H28ClN3O2.ClH/c1-12(2)16(21)8-9-22(3)19(25)15-11-17(24)23(4)18(15)13-6-5-7-14(20)10-13;/h5-7,10,12,15-16,18H,8-9,11,21H2,1-4H3;1H. The molecule has 5 nitrogen and oxygen atoms in total. The molecule has 146 valence electrons. The van der Waals surface area contributed by atoms with Crippen molar-refractivity contribution in [3.8, 4) is 0 Å². The van der Waals surface area contributed by atoms with E-state index in [9.17, 15) is 9.59 Å². The van der Waals surface area contributed by atoms with Crippen LogP contribution in [0.4, 0.5) is 0 Å². The summed E-state index contributed by atoms with van der Waals surface area (Å²) in [6, 6.07) is 7.17. The average molecular weight is 402 g/mol. The number of benzene rings is 1. The number of nitrogens with two attached hydrogens (primary N) is 1. The summed E-state index contributed by atoms with van der Waals surface area (Å²) in [7, 11) is 3.53. The predicted molar refractivity (Wildman–Crippen MR) is 107 cm³/mol. The maximum absolute atomic E-state index is 13.0. The Morgan fingerprint density at radius 2 is 2.08 bits per heavy atom. The largest absolute Gasteiger partial charge is 0.345 e. The number of rotatable bonds is 6. The van der Waals surface area contributed by atoms with Crippen molar-refractivity contribution in [1.82, 2.24) is 9.80 Å². The third-order valence-corrected chi connectivity index (χ3v) is 5.36. The topological polar surface area (TPSA) is 66.6 Å². The fourth-order valence-electron chi connectivity index (χ4n) is 3.31. The van der Waals surface area contributed by atoms with Gasteiger partial charge in [0.15, 0.2) is 0 Å². The minimum Gasteiger partial charge on any atom is -0.345 e. The van der Waals surface area contributed by atoms with E-state index in [1.165, 1.54) is 0 Å². The lowest BCUT2D eigenvalue weighted by Crippen LogP contribution is -2.39. The number of amides is 2. The van der Waals surface area contributed by atoms with Gasteiger partial charge in [-0.25, -0.2) is 0 Å². The summed E-state index contributed by atoms with van der Waals surface area (Å²) in [6.45, 7) is 4.74. The van der Waals surface area contributed by atoms with Crippen molar-refractivity contribution in [2.24, 2.45) is 17.6 Å². The lowest BCUT2D eigenvalue weighted by Gasteiger charge is -2.29. The van der Waals surface area contributed by atoms with Crippen LogP contribution in [0.5, 0.6) is 0 Å². The average Bonchev–Trinajstić information content (AvgIpc) is 2.86. The van der Waals surface area contributed by atoms with Gasteiger partial charge in [0.1, 0.15) is 0 Å². The fraction of sp³-hybridized carbons (Fsp3) is 0.579. The van der Waals surface area contributed by atoms with Gasteiger partial charge in [-0.1, -0.05) is 37.6 Å². The normalized spacial score (nSPS) is 20.9. The van der Waals surface area contributed by atoms with Gasteiger partial charge >= 0.3 is 0 Å². The van der Waals surface area contributed by atoms with Crippen LogP contribution in [0.3, 0.4) is 0 Å². The van der Waals surface area contributed by atoms with Crippen LogP contribution < -0.4 is 5.73 Å². The molecule has 1 aliphatic heterocycles. The molecule has 3 unspecified atom stereocenters. The molecule has 1 saturated heterocycles. The Morgan fingerprint density at radius 1 is 1.42 bits per heavy atom. The number of hydrogen-bond donors (Lipinski definition) is 1. The molecular formula is C19H29Cl2N3O2. The lowest BCUT2D eigenvalue weighted by molar-refractivity contribution is -0.135. The SMILES string of the molecule is CC(C)C(N)CCN(C)C(=O)C1CC(=O)N(C)C1c1cccc(Cl)c1.Cl. The Labute approximate surface area is 167 Å². The minimum atomic E-state index is -0.392. The van der Waals surface area contributed by atoms with Crippen molar-refractivity contribution in [2.75, 3.05) is 20.6 Å². The summed E-state index contributed by atoms with van der Waals surface area (Å²) in [5, 5.41) is 0.604. The zero-order valence-corrected chi connectivity index (χ0v) is 17.4. The summed E-state index contributed by atoms with van der Waals surface area (Å²) >= 11 is 6.10. The molecule has 2 N–H and O–H groups in total. The van der Waals surface area contributed by atoms with E-state index in [2.05, 4.69) is 13.8 Å². The molecule has 2 amide bonds. The van der Waals surface area contributed by atoms with Crippen molar-refractivity contribution in [1.29, 1.82) is 0 Å². The molecular weight excluding hydrogens is 373 g/mol. The lowest BCUT2D eigenvalue weighted by atomic mass is 9.92. The zero-order chi connectivity index (χ0) is 18.7. The second kappa shape index (κ2) is 9.58. The van der Waals surface area contributed by atoms with Gasteiger partial charge in [-0.3, -0.25) is 9.59 Å². The maximum Gasteiger partial charge on any atom is 0.228 e. The van der Waals surface area contributed by atoms with Gasteiger partial charge in [-0.2, -0.15) is 0 Å². The summed E-state index contributed by atoms with van der Waals surface area (Å²) in [5.74, 6) is -0.0487. The first-order valence-corrected chi connectivity index (χ1v) is 9.11. The van der Waals surface area contributed by atoms with Crippen molar-refractivity contribution in [3.05, 3.63) is 34.9 Å². The van der Waals surface area contributed by atoms with Crippen LogP contribution in [0, 0.1) is 11.8 Å². The van der Waals surface area contributed by atoms with E-state index < -0.39 is 5.92 Å². The molecule has 0 radical (unpaired) electrons. The number of nitrogens with zero attached hydrogens (tertiary/aromatic N) is 2. The van der Waals surface area contributed by atoms with E-state index in [1.54, 1.807) is 30.0 Å². The molecule has 0 aliphatic carbocycles. The van der Waals surface area contributed by atoms with Crippen LogP contribution in [-0.4, -0.2) is 48.3 Å². The summed E-state index contributed by atoms with van der Waals surface area (Å²) in [5.41, 5.74) is 6.98. The van der Waals surface area contributed by atoms with Gasteiger partial charge in [0.2, 0.25) is 11.8 Å². The molecule has 1 aromatic carbocycles. The molecule has 1 fully saturated rings. The Morgan fingerprint density at radius 3 is 2.65 bits per heavy atom. The van der Waals surface area contributed by atoms with E-state index in [4.69, 9.17) is 17.3 Å². The zero-order valence-electron chi connectivity index (χ0n) is 15.8. The predicted octanol–water partition coefficient (Wildman–Crippen LogP) is 3.11. The van der Waals surface area contributed by atoms with Gasteiger partial charge in [0.25, 0.3) is 0 Å². The van der Waals surface area contributed by atoms with Crippen LogP contribution in [0.2, 0.25) is 5.02 Å². The first kappa shape index (κ1) is 22.7. The number of carbonyl (C=O) groups excluding carboxylic acids is 2. The third-order valence-electron chi connectivity index (χ3n) is 5.12. The molecule has 26 heavy (non-hydrogen) atoms. The number of hydrogen-bond acceptors (Lipinski definition) is 3. The van der Waals surface area contributed by atoms with Crippen LogP contribution in [0.15, 0.2) is 24.3 Å². The van der Waals surface area contributed by atoms with Gasteiger partial charge in [0, 0.05) is 38.1 Å². The third kappa shape index (κ3) is 5.12. The van der Waals surface area contributed by atoms with E-state index in [0.717, 1.165) is 12.0 Å². The highest BCUT2D eigenvalue weighted by atomic mass is 35.5. The van der Waals surface area contributed by atoms with Crippen LogP contribution in [-0.2, 0) is 9.59 Å².